The number of ether oxygens (including phenoxy) is 1. The van der Waals surface area contributed by atoms with Crippen molar-refractivity contribution in [3.05, 3.63) is 78.4 Å². The third kappa shape index (κ3) is 3.95. The smallest absolute Gasteiger partial charge is 0.264 e. The van der Waals surface area contributed by atoms with E-state index in [4.69, 9.17) is 4.74 Å². The van der Waals surface area contributed by atoms with Crippen molar-refractivity contribution in [2.45, 2.75) is 12.5 Å². The lowest BCUT2D eigenvalue weighted by atomic mass is 10.0. The summed E-state index contributed by atoms with van der Waals surface area (Å²) in [6.45, 7) is -0.184. The maximum atomic E-state index is 12.4. The molecule has 0 aliphatic carbocycles. The summed E-state index contributed by atoms with van der Waals surface area (Å²) in [6.07, 6.45) is 0.249. The van der Waals surface area contributed by atoms with E-state index in [9.17, 15) is 9.59 Å². The Labute approximate surface area is 177 Å². The summed E-state index contributed by atoms with van der Waals surface area (Å²) in [6, 6.07) is 22.9. The second-order valence-corrected chi connectivity index (χ2v) is 7.23. The minimum atomic E-state index is -0.390. The highest BCUT2D eigenvalue weighted by Gasteiger charge is 2.29. The van der Waals surface area contributed by atoms with Crippen LogP contribution in [0.2, 0.25) is 0 Å². The quantitative estimate of drug-likeness (QED) is 0.523. The van der Waals surface area contributed by atoms with Crippen molar-refractivity contribution in [2.24, 2.45) is 0 Å². The van der Waals surface area contributed by atoms with Gasteiger partial charge >= 0.3 is 0 Å². The highest BCUT2D eigenvalue weighted by Crippen LogP contribution is 2.29. The van der Waals surface area contributed by atoms with Crippen LogP contribution in [0.4, 0.5) is 11.9 Å². The Morgan fingerprint density at radius 2 is 1.84 bits per heavy atom. The Bertz CT molecular complexity index is 1270. The van der Waals surface area contributed by atoms with E-state index in [1.54, 1.807) is 4.68 Å². The van der Waals surface area contributed by atoms with E-state index in [-0.39, 0.29) is 30.9 Å². The van der Waals surface area contributed by atoms with Crippen molar-refractivity contribution in [3.63, 3.8) is 0 Å². The van der Waals surface area contributed by atoms with E-state index in [1.165, 1.54) is 0 Å². The van der Waals surface area contributed by atoms with Crippen LogP contribution >= 0.6 is 0 Å². The van der Waals surface area contributed by atoms with Crippen LogP contribution in [0.5, 0.6) is 5.75 Å². The fourth-order valence-electron chi connectivity index (χ4n) is 3.62. The number of carbonyl (C=O) groups is 2. The maximum absolute atomic E-state index is 12.4. The fraction of sp³-hybridized carbons (Fsp3) is 0.130. The summed E-state index contributed by atoms with van der Waals surface area (Å²) in [7, 11) is 0. The Balaban J connectivity index is 1.28. The van der Waals surface area contributed by atoms with Gasteiger partial charge in [-0.1, -0.05) is 60.7 Å². The zero-order valence-electron chi connectivity index (χ0n) is 16.5. The van der Waals surface area contributed by atoms with E-state index in [2.05, 4.69) is 20.7 Å². The van der Waals surface area contributed by atoms with Gasteiger partial charge in [0.15, 0.2) is 6.61 Å². The summed E-state index contributed by atoms with van der Waals surface area (Å²) in [4.78, 5) is 28.7. The van der Waals surface area contributed by atoms with Crippen LogP contribution in [0.3, 0.4) is 0 Å². The highest BCUT2D eigenvalue weighted by atomic mass is 16.5. The van der Waals surface area contributed by atoms with Crippen molar-refractivity contribution >= 4 is 34.5 Å². The first-order valence-corrected chi connectivity index (χ1v) is 9.88. The molecule has 2 amide bonds. The second-order valence-electron chi connectivity index (χ2n) is 7.23. The van der Waals surface area contributed by atoms with Crippen molar-refractivity contribution in [1.82, 2.24) is 14.8 Å². The second kappa shape index (κ2) is 7.91. The molecule has 1 atom stereocenters. The molecule has 0 radical (unpaired) electrons. The molecule has 1 aromatic heterocycles. The number of amides is 2. The van der Waals surface area contributed by atoms with Gasteiger partial charge in [-0.3, -0.25) is 20.2 Å². The van der Waals surface area contributed by atoms with Gasteiger partial charge in [0.05, 0.1) is 12.5 Å². The molecule has 0 bridgehead atoms. The average molecular weight is 413 g/mol. The summed E-state index contributed by atoms with van der Waals surface area (Å²) in [5, 5.41) is 11.8. The van der Waals surface area contributed by atoms with Crippen molar-refractivity contribution in [1.29, 1.82) is 0 Å². The number of aromatic nitrogens is 3. The normalized spacial score (nSPS) is 15.2. The summed E-state index contributed by atoms with van der Waals surface area (Å²) in [5.74, 6) is 0.480. The number of rotatable bonds is 5. The van der Waals surface area contributed by atoms with Crippen molar-refractivity contribution < 1.29 is 14.3 Å². The van der Waals surface area contributed by atoms with Crippen LogP contribution in [-0.2, 0) is 9.59 Å². The number of fused-ring (bicyclic) bond motifs is 2. The molecule has 8 heteroatoms. The van der Waals surface area contributed by atoms with Gasteiger partial charge < -0.3 is 4.74 Å². The molecule has 4 aromatic rings. The van der Waals surface area contributed by atoms with Gasteiger partial charge in [-0.15, -0.1) is 5.10 Å². The zero-order valence-corrected chi connectivity index (χ0v) is 16.5. The SMILES string of the molecule is O=C(COc1ccc2ccccc2c1)Nc1nc2n(n1)[C@@H](c1ccccc1)CC(=O)N2. The summed E-state index contributed by atoms with van der Waals surface area (Å²) >= 11 is 0. The molecule has 2 N–H and O–H groups in total. The van der Waals surface area contributed by atoms with Gasteiger partial charge in [0.25, 0.3) is 11.9 Å². The Morgan fingerprint density at radius 1 is 1.06 bits per heavy atom. The first kappa shape index (κ1) is 18.8. The lowest BCUT2D eigenvalue weighted by Gasteiger charge is -2.23. The number of nitrogens with zero attached hydrogens (tertiary/aromatic N) is 3. The average Bonchev–Trinajstić information content (AvgIpc) is 3.19. The van der Waals surface area contributed by atoms with Crippen LogP contribution < -0.4 is 15.4 Å². The van der Waals surface area contributed by atoms with Gasteiger partial charge in [0.1, 0.15) is 5.75 Å². The van der Waals surface area contributed by atoms with Gasteiger partial charge in [0, 0.05) is 0 Å². The molecular formula is C23H19N5O3. The minimum absolute atomic E-state index is 0.116. The predicted molar refractivity (Wildman–Crippen MR) is 116 cm³/mol. The molecule has 31 heavy (non-hydrogen) atoms. The number of carbonyl (C=O) groups excluding carboxylic acids is 2. The molecule has 5 rings (SSSR count). The topological polar surface area (TPSA) is 98.1 Å². The summed E-state index contributed by atoms with van der Waals surface area (Å²) in [5.41, 5.74) is 0.945. The van der Waals surface area contributed by atoms with E-state index in [0.717, 1.165) is 16.3 Å². The number of hydrogen-bond acceptors (Lipinski definition) is 5. The number of benzene rings is 3. The zero-order chi connectivity index (χ0) is 21.2. The number of hydrogen-bond donors (Lipinski definition) is 2. The molecule has 1 aliphatic heterocycles. The van der Waals surface area contributed by atoms with Crippen LogP contribution in [0.25, 0.3) is 10.8 Å². The van der Waals surface area contributed by atoms with Crippen molar-refractivity contribution in [3.8, 4) is 5.75 Å². The molecular weight excluding hydrogens is 394 g/mol. The van der Waals surface area contributed by atoms with Gasteiger partial charge in [-0.05, 0) is 28.5 Å². The third-order valence-electron chi connectivity index (χ3n) is 5.08. The van der Waals surface area contributed by atoms with Gasteiger partial charge in [-0.25, -0.2) is 4.68 Å². The molecule has 154 valence electrons. The molecule has 2 heterocycles. The molecule has 0 saturated heterocycles. The predicted octanol–water partition coefficient (Wildman–Crippen LogP) is 3.38. The van der Waals surface area contributed by atoms with Crippen LogP contribution in [0.15, 0.2) is 72.8 Å². The molecule has 8 nitrogen and oxygen atoms in total. The van der Waals surface area contributed by atoms with E-state index >= 15 is 0 Å². The molecule has 0 fully saturated rings. The molecule has 0 saturated carbocycles. The Hall–Kier alpha value is -4.20. The lowest BCUT2D eigenvalue weighted by Crippen LogP contribution is -2.29. The minimum Gasteiger partial charge on any atom is -0.484 e. The van der Waals surface area contributed by atoms with E-state index in [0.29, 0.717) is 11.7 Å². The highest BCUT2D eigenvalue weighted by molar-refractivity contribution is 5.93. The van der Waals surface area contributed by atoms with Crippen LogP contribution in [-0.4, -0.2) is 33.2 Å². The largest absolute Gasteiger partial charge is 0.484 e. The molecule has 3 aromatic carbocycles. The van der Waals surface area contributed by atoms with E-state index < -0.39 is 5.91 Å². The molecule has 0 spiro atoms. The Kier molecular flexibility index (Phi) is 4.80. The van der Waals surface area contributed by atoms with Crippen LogP contribution in [0, 0.1) is 0 Å². The first-order valence-electron chi connectivity index (χ1n) is 9.88. The number of anilines is 2. The van der Waals surface area contributed by atoms with Gasteiger partial charge in [-0.2, -0.15) is 4.98 Å². The Morgan fingerprint density at radius 3 is 2.68 bits per heavy atom. The van der Waals surface area contributed by atoms with Crippen LogP contribution in [0.1, 0.15) is 18.0 Å². The fourth-order valence-corrected chi connectivity index (χ4v) is 3.62. The molecule has 0 unspecified atom stereocenters. The third-order valence-corrected chi connectivity index (χ3v) is 5.08. The first-order chi connectivity index (χ1) is 15.2. The van der Waals surface area contributed by atoms with Gasteiger partial charge in [0.2, 0.25) is 11.9 Å². The monoisotopic (exact) mass is 413 g/mol. The standard InChI is InChI=1S/C23H19N5O3/c29-20-13-19(16-7-2-1-3-8-16)28-23(25-20)26-22(27-28)24-21(30)14-31-18-11-10-15-6-4-5-9-17(15)12-18/h1-12,19H,13-14H2,(H2,24,25,26,27,29,30)/t19-/m1/s1. The summed E-state index contributed by atoms with van der Waals surface area (Å²) < 4.78 is 7.24. The molecule has 1 aliphatic rings. The van der Waals surface area contributed by atoms with E-state index in [1.807, 2.05) is 72.8 Å². The van der Waals surface area contributed by atoms with Crippen molar-refractivity contribution in [2.75, 3.05) is 17.2 Å². The lowest BCUT2D eigenvalue weighted by molar-refractivity contribution is -0.118. The maximum Gasteiger partial charge on any atom is 0.264 e. The number of nitrogens with one attached hydrogen (secondary N) is 2.